The molecule has 18 heavy (non-hydrogen) atoms. The van der Waals surface area contributed by atoms with E-state index in [9.17, 15) is 0 Å². The Balaban J connectivity index is 0.000000253. The summed E-state index contributed by atoms with van der Waals surface area (Å²) in [5, 5.41) is 31.8. The van der Waals surface area contributed by atoms with Crippen LogP contribution < -0.4 is 0 Å². The fraction of sp³-hybridized carbons (Fsp3) is 0. The van der Waals surface area contributed by atoms with E-state index in [1.807, 2.05) is 12.1 Å². The molecule has 0 bridgehead atoms. The minimum Gasteiger partial charge on any atom is -0.508 e. The molecule has 0 fully saturated rings. The zero-order valence-corrected chi connectivity index (χ0v) is 9.56. The molecule has 0 saturated carbocycles. The fourth-order valence-electron chi connectivity index (χ4n) is 0.856. The lowest BCUT2D eigenvalue weighted by Gasteiger charge is -1.82. The zero-order valence-electron chi connectivity index (χ0n) is 9.56. The number of hydrogen-bond donors (Lipinski definition) is 2. The minimum atomic E-state index is 0.322. The summed E-state index contributed by atoms with van der Waals surface area (Å²) in [6, 6.07) is 19.9. The van der Waals surface area contributed by atoms with Gasteiger partial charge in [0, 0.05) is 0 Å². The van der Waals surface area contributed by atoms with Gasteiger partial charge in [-0.3, -0.25) is 0 Å². The first-order valence-corrected chi connectivity index (χ1v) is 4.97. The largest absolute Gasteiger partial charge is 0.508 e. The van der Waals surface area contributed by atoms with Crippen LogP contribution in [0.5, 0.6) is 11.5 Å². The first-order valence-electron chi connectivity index (χ1n) is 4.97. The van der Waals surface area contributed by atoms with Gasteiger partial charge in [-0.2, -0.15) is 10.5 Å². The third kappa shape index (κ3) is 9.57. The molecule has 0 spiro atoms. The van der Waals surface area contributed by atoms with Crippen LogP contribution in [0.2, 0.25) is 0 Å². The highest BCUT2D eigenvalue weighted by Crippen LogP contribution is 2.03. The van der Waals surface area contributed by atoms with Crippen LogP contribution in [0.15, 0.2) is 60.7 Å². The summed E-state index contributed by atoms with van der Waals surface area (Å²) in [7, 11) is 0. The lowest BCUT2D eigenvalue weighted by atomic mass is 10.3. The van der Waals surface area contributed by atoms with E-state index < -0.39 is 0 Å². The van der Waals surface area contributed by atoms with Crippen molar-refractivity contribution in [3.05, 3.63) is 60.7 Å². The Hall–Kier alpha value is -2.98. The van der Waals surface area contributed by atoms with E-state index in [-0.39, 0.29) is 0 Å². The number of phenols is 2. The van der Waals surface area contributed by atoms with Gasteiger partial charge in [-0.1, -0.05) is 36.4 Å². The summed E-state index contributed by atoms with van der Waals surface area (Å²) < 4.78 is 0. The number of rotatable bonds is 0. The van der Waals surface area contributed by atoms with Crippen LogP contribution in [0.4, 0.5) is 0 Å². The van der Waals surface area contributed by atoms with Gasteiger partial charge in [-0.25, -0.2) is 0 Å². The van der Waals surface area contributed by atoms with Crippen molar-refractivity contribution in [1.29, 1.82) is 10.5 Å². The van der Waals surface area contributed by atoms with Gasteiger partial charge in [0.2, 0.25) is 0 Å². The normalized spacial score (nSPS) is 7.22. The van der Waals surface area contributed by atoms with Gasteiger partial charge < -0.3 is 10.2 Å². The SMILES string of the molecule is N#CC#N.Oc1ccccc1.Oc1ccccc1. The molecule has 0 aromatic heterocycles. The molecule has 2 N–H and O–H groups in total. The number of nitrogens with zero attached hydrogens (tertiary/aromatic N) is 2. The highest BCUT2D eigenvalue weighted by Gasteiger charge is 1.75. The van der Waals surface area contributed by atoms with Gasteiger partial charge >= 0.3 is 0 Å². The highest BCUT2D eigenvalue weighted by atomic mass is 16.3. The summed E-state index contributed by atoms with van der Waals surface area (Å²) in [4.78, 5) is 0. The van der Waals surface area contributed by atoms with Crippen molar-refractivity contribution in [2.45, 2.75) is 0 Å². The van der Waals surface area contributed by atoms with Gasteiger partial charge in [0.1, 0.15) is 11.5 Å². The minimum absolute atomic E-state index is 0.322. The maximum Gasteiger partial charge on any atom is 0.181 e. The number of hydrogen-bond acceptors (Lipinski definition) is 4. The maximum absolute atomic E-state index is 8.63. The smallest absolute Gasteiger partial charge is 0.181 e. The van der Waals surface area contributed by atoms with E-state index in [4.69, 9.17) is 20.7 Å². The molecular formula is C14H12N2O2. The molecule has 0 heterocycles. The quantitative estimate of drug-likeness (QED) is 0.741. The monoisotopic (exact) mass is 240 g/mol. The van der Waals surface area contributed by atoms with E-state index in [1.54, 1.807) is 48.5 Å². The molecule has 0 radical (unpaired) electrons. The summed E-state index contributed by atoms with van der Waals surface area (Å²) in [5.74, 6) is 0.644. The van der Waals surface area contributed by atoms with E-state index in [1.165, 1.54) is 12.1 Å². The van der Waals surface area contributed by atoms with Crippen LogP contribution in [0.1, 0.15) is 0 Å². The van der Waals surface area contributed by atoms with Crippen molar-refractivity contribution in [3.63, 3.8) is 0 Å². The molecule has 0 aliphatic carbocycles. The van der Waals surface area contributed by atoms with Crippen LogP contribution in [0.3, 0.4) is 0 Å². The Morgan fingerprint density at radius 2 is 0.889 bits per heavy atom. The van der Waals surface area contributed by atoms with Crippen molar-refractivity contribution < 1.29 is 10.2 Å². The van der Waals surface area contributed by atoms with Crippen LogP contribution >= 0.6 is 0 Å². The van der Waals surface area contributed by atoms with Crippen molar-refractivity contribution in [3.8, 4) is 23.6 Å². The van der Waals surface area contributed by atoms with Gasteiger partial charge in [-0.15, -0.1) is 0 Å². The van der Waals surface area contributed by atoms with E-state index in [0.717, 1.165) is 0 Å². The second kappa shape index (κ2) is 10.5. The van der Waals surface area contributed by atoms with Crippen molar-refractivity contribution in [1.82, 2.24) is 0 Å². The Kier molecular flexibility index (Phi) is 8.79. The Morgan fingerprint density at radius 3 is 1.00 bits per heavy atom. The average Bonchev–Trinajstić information content (AvgIpc) is 2.41. The van der Waals surface area contributed by atoms with Gasteiger partial charge in [-0.05, 0) is 24.3 Å². The first kappa shape index (κ1) is 15.0. The second-order valence-corrected chi connectivity index (χ2v) is 2.89. The Bertz CT molecular complexity index is 449. The van der Waals surface area contributed by atoms with E-state index in [2.05, 4.69) is 0 Å². The topological polar surface area (TPSA) is 88.0 Å². The van der Waals surface area contributed by atoms with Crippen molar-refractivity contribution >= 4 is 0 Å². The fourth-order valence-corrected chi connectivity index (χ4v) is 0.856. The molecular weight excluding hydrogens is 228 g/mol. The lowest BCUT2D eigenvalue weighted by Crippen LogP contribution is -1.56. The predicted molar refractivity (Wildman–Crippen MR) is 67.4 cm³/mol. The Morgan fingerprint density at radius 1 is 0.611 bits per heavy atom. The van der Waals surface area contributed by atoms with Crippen LogP contribution in [-0.2, 0) is 0 Å². The molecule has 2 aromatic rings. The van der Waals surface area contributed by atoms with Crippen LogP contribution in [0, 0.1) is 22.7 Å². The zero-order chi connectivity index (χ0) is 13.6. The molecule has 4 heteroatoms. The maximum atomic E-state index is 8.63. The van der Waals surface area contributed by atoms with Crippen molar-refractivity contribution in [2.75, 3.05) is 0 Å². The van der Waals surface area contributed by atoms with Gasteiger partial charge in [0.05, 0.1) is 0 Å². The number of para-hydroxylation sites is 2. The molecule has 4 nitrogen and oxygen atoms in total. The molecule has 0 aliphatic rings. The number of benzene rings is 2. The molecule has 2 aromatic carbocycles. The van der Waals surface area contributed by atoms with Crippen LogP contribution in [0.25, 0.3) is 0 Å². The number of nitriles is 2. The highest BCUT2D eigenvalue weighted by molar-refractivity contribution is 5.19. The summed E-state index contributed by atoms with van der Waals surface area (Å²) >= 11 is 0. The molecule has 0 atom stereocenters. The lowest BCUT2D eigenvalue weighted by molar-refractivity contribution is 0.475. The molecule has 0 saturated heterocycles. The molecule has 0 aliphatic heterocycles. The standard InChI is InChI=1S/2C6H6O.C2N2/c2*7-6-4-2-1-3-5-6;3-1-2-4/h2*1-5,7H;. The Labute approximate surface area is 106 Å². The first-order chi connectivity index (χ1) is 8.70. The predicted octanol–water partition coefficient (Wildman–Crippen LogP) is 2.82. The van der Waals surface area contributed by atoms with Crippen molar-refractivity contribution in [2.24, 2.45) is 0 Å². The van der Waals surface area contributed by atoms with Crippen LogP contribution in [-0.4, -0.2) is 10.2 Å². The molecule has 0 unspecified atom stereocenters. The summed E-state index contributed by atoms with van der Waals surface area (Å²) in [6.45, 7) is 0. The number of aromatic hydroxyl groups is 2. The number of phenolic OH excluding ortho intramolecular Hbond substituents is 2. The third-order valence-corrected chi connectivity index (χ3v) is 1.56. The second-order valence-electron chi connectivity index (χ2n) is 2.89. The summed E-state index contributed by atoms with van der Waals surface area (Å²) in [6.07, 6.45) is 0. The van der Waals surface area contributed by atoms with Gasteiger partial charge in [0.15, 0.2) is 12.1 Å². The molecule has 0 amide bonds. The van der Waals surface area contributed by atoms with E-state index >= 15 is 0 Å². The van der Waals surface area contributed by atoms with E-state index in [0.29, 0.717) is 11.5 Å². The summed E-state index contributed by atoms with van der Waals surface area (Å²) in [5.41, 5.74) is 0. The van der Waals surface area contributed by atoms with Gasteiger partial charge in [0.25, 0.3) is 0 Å². The molecule has 2 rings (SSSR count). The molecule has 90 valence electrons. The average molecular weight is 240 g/mol. The third-order valence-electron chi connectivity index (χ3n) is 1.56.